The molecule has 3 aromatic rings. The number of ether oxygens (including phenoxy) is 2. The Kier molecular flexibility index (Phi) is 7.50. The summed E-state index contributed by atoms with van der Waals surface area (Å²) in [6.45, 7) is 2.15. The van der Waals surface area contributed by atoms with Crippen LogP contribution in [0.2, 0.25) is 10.0 Å². The highest BCUT2D eigenvalue weighted by Crippen LogP contribution is 2.36. The fraction of sp³-hybridized carbons (Fsp3) is 0.174. The summed E-state index contributed by atoms with van der Waals surface area (Å²) in [4.78, 5) is 12.3. The van der Waals surface area contributed by atoms with Gasteiger partial charge in [0.25, 0.3) is 5.91 Å². The van der Waals surface area contributed by atoms with Crippen LogP contribution in [0.25, 0.3) is 0 Å². The number of hydrogen-bond donors (Lipinski definition) is 3. The second-order valence-electron chi connectivity index (χ2n) is 6.79. The third-order valence-corrected chi connectivity index (χ3v) is 5.04. The molecule has 0 saturated carbocycles. The lowest BCUT2D eigenvalue weighted by atomic mass is 10.1. The van der Waals surface area contributed by atoms with Crippen molar-refractivity contribution in [3.63, 3.8) is 0 Å². The minimum atomic E-state index is -0.286. The van der Waals surface area contributed by atoms with Crippen molar-refractivity contribution < 1.29 is 19.4 Å². The van der Waals surface area contributed by atoms with Gasteiger partial charge in [0.15, 0.2) is 23.9 Å². The van der Waals surface area contributed by atoms with Crippen LogP contribution in [0.1, 0.15) is 11.1 Å². The van der Waals surface area contributed by atoms with Gasteiger partial charge in [0.2, 0.25) is 0 Å². The molecule has 162 valence electrons. The van der Waals surface area contributed by atoms with Crippen molar-refractivity contribution in [3.05, 3.63) is 75.8 Å². The van der Waals surface area contributed by atoms with Crippen LogP contribution in [0, 0.1) is 6.92 Å². The Labute approximate surface area is 190 Å². The number of carbonyl (C=O) groups excluding carboxylic acids is 1. The molecule has 0 aliphatic carbocycles. The predicted octanol–water partition coefficient (Wildman–Crippen LogP) is 5.65. The minimum Gasteiger partial charge on any atom is -0.505 e. The standard InChI is InChI=1S/C23H22Cl2N2O4/c1-14-6-8-16(9-7-14)27-21(28)13-31-23-15(4-3-5-20(23)30-2)12-26-17-10-18(24)22(29)19(25)11-17/h3-11,26,29H,12-13H2,1-2H3,(H,27,28). The van der Waals surface area contributed by atoms with E-state index in [9.17, 15) is 9.90 Å². The molecule has 31 heavy (non-hydrogen) atoms. The van der Waals surface area contributed by atoms with Crippen LogP contribution in [0.4, 0.5) is 11.4 Å². The minimum absolute atomic E-state index is 0.143. The first-order valence-corrected chi connectivity index (χ1v) is 10.2. The molecule has 3 aromatic carbocycles. The van der Waals surface area contributed by atoms with Gasteiger partial charge in [0.1, 0.15) is 0 Å². The Morgan fingerprint density at radius 1 is 1.03 bits per heavy atom. The van der Waals surface area contributed by atoms with Gasteiger partial charge in [-0.05, 0) is 37.3 Å². The summed E-state index contributed by atoms with van der Waals surface area (Å²) < 4.78 is 11.2. The molecular formula is C23H22Cl2N2O4. The molecule has 0 spiro atoms. The van der Waals surface area contributed by atoms with E-state index in [2.05, 4.69) is 10.6 Å². The molecule has 0 aliphatic heterocycles. The van der Waals surface area contributed by atoms with Crippen LogP contribution >= 0.6 is 23.2 Å². The number of nitrogens with one attached hydrogen (secondary N) is 2. The van der Waals surface area contributed by atoms with E-state index in [0.29, 0.717) is 29.4 Å². The average Bonchev–Trinajstić information content (AvgIpc) is 2.76. The normalized spacial score (nSPS) is 10.5. The first-order chi connectivity index (χ1) is 14.9. The van der Waals surface area contributed by atoms with E-state index in [0.717, 1.165) is 11.1 Å². The van der Waals surface area contributed by atoms with E-state index < -0.39 is 0 Å². The van der Waals surface area contributed by atoms with E-state index >= 15 is 0 Å². The molecule has 3 N–H and O–H groups in total. The molecule has 0 saturated heterocycles. The van der Waals surface area contributed by atoms with Crippen molar-refractivity contribution >= 4 is 40.5 Å². The lowest BCUT2D eigenvalue weighted by Crippen LogP contribution is -2.21. The molecule has 6 nitrogen and oxygen atoms in total. The summed E-state index contributed by atoms with van der Waals surface area (Å²) in [5.74, 6) is 0.501. The van der Waals surface area contributed by atoms with Gasteiger partial charge in [-0.2, -0.15) is 0 Å². The van der Waals surface area contributed by atoms with Gasteiger partial charge in [-0.15, -0.1) is 0 Å². The number of carbonyl (C=O) groups is 1. The zero-order chi connectivity index (χ0) is 22.4. The van der Waals surface area contributed by atoms with Gasteiger partial charge in [0.05, 0.1) is 17.2 Å². The smallest absolute Gasteiger partial charge is 0.262 e. The van der Waals surface area contributed by atoms with Crippen LogP contribution in [0.5, 0.6) is 17.2 Å². The van der Waals surface area contributed by atoms with Crippen LogP contribution in [0.15, 0.2) is 54.6 Å². The summed E-state index contributed by atoms with van der Waals surface area (Å²) in [6.07, 6.45) is 0. The number of phenolic OH excluding ortho intramolecular Hbond substituents is 1. The first-order valence-electron chi connectivity index (χ1n) is 9.44. The largest absolute Gasteiger partial charge is 0.505 e. The number of amides is 1. The van der Waals surface area contributed by atoms with Gasteiger partial charge < -0.3 is 25.2 Å². The number of para-hydroxylation sites is 1. The number of benzene rings is 3. The predicted molar refractivity (Wildman–Crippen MR) is 124 cm³/mol. The monoisotopic (exact) mass is 460 g/mol. The molecular weight excluding hydrogens is 439 g/mol. The molecule has 1 amide bonds. The number of methoxy groups -OCH3 is 1. The first kappa shape index (κ1) is 22.6. The second-order valence-corrected chi connectivity index (χ2v) is 7.61. The number of anilines is 2. The molecule has 0 aliphatic rings. The molecule has 0 radical (unpaired) electrons. The van der Waals surface area contributed by atoms with E-state index in [1.165, 1.54) is 7.11 Å². The lowest BCUT2D eigenvalue weighted by molar-refractivity contribution is -0.118. The zero-order valence-electron chi connectivity index (χ0n) is 17.0. The highest BCUT2D eigenvalue weighted by Gasteiger charge is 2.14. The number of rotatable bonds is 8. The molecule has 0 heterocycles. The zero-order valence-corrected chi connectivity index (χ0v) is 18.6. The van der Waals surface area contributed by atoms with Gasteiger partial charge in [-0.25, -0.2) is 0 Å². The van der Waals surface area contributed by atoms with Crippen LogP contribution in [-0.4, -0.2) is 24.7 Å². The fourth-order valence-corrected chi connectivity index (χ4v) is 3.35. The van der Waals surface area contributed by atoms with Crippen LogP contribution in [0.3, 0.4) is 0 Å². The third kappa shape index (κ3) is 5.96. The Hall–Kier alpha value is -3.09. The number of halogens is 2. The molecule has 0 atom stereocenters. The molecule has 8 heteroatoms. The number of phenols is 1. The maximum atomic E-state index is 12.3. The maximum Gasteiger partial charge on any atom is 0.262 e. The second kappa shape index (κ2) is 10.3. The Balaban J connectivity index is 1.69. The highest BCUT2D eigenvalue weighted by atomic mass is 35.5. The van der Waals surface area contributed by atoms with Crippen molar-refractivity contribution in [2.24, 2.45) is 0 Å². The van der Waals surface area contributed by atoms with E-state index in [1.54, 1.807) is 18.2 Å². The van der Waals surface area contributed by atoms with Gasteiger partial charge in [0, 0.05) is 23.5 Å². The van der Waals surface area contributed by atoms with E-state index in [1.807, 2.05) is 43.3 Å². The maximum absolute atomic E-state index is 12.3. The summed E-state index contributed by atoms with van der Waals surface area (Å²) in [7, 11) is 1.53. The van der Waals surface area contributed by atoms with Crippen molar-refractivity contribution in [1.29, 1.82) is 0 Å². The van der Waals surface area contributed by atoms with E-state index in [-0.39, 0.29) is 28.3 Å². The quantitative estimate of drug-likeness (QED) is 0.378. The Morgan fingerprint density at radius 2 is 1.71 bits per heavy atom. The topological polar surface area (TPSA) is 79.8 Å². The molecule has 3 rings (SSSR count). The molecule has 0 bridgehead atoms. The van der Waals surface area contributed by atoms with Crippen LogP contribution in [-0.2, 0) is 11.3 Å². The van der Waals surface area contributed by atoms with Gasteiger partial charge in [-0.1, -0.05) is 53.0 Å². The number of hydrogen-bond acceptors (Lipinski definition) is 5. The summed E-state index contributed by atoms with van der Waals surface area (Å²) in [5, 5.41) is 16.0. The van der Waals surface area contributed by atoms with Crippen molar-refractivity contribution in [2.45, 2.75) is 13.5 Å². The third-order valence-electron chi connectivity index (χ3n) is 4.46. The summed E-state index contributed by atoms with van der Waals surface area (Å²) >= 11 is 12.0. The molecule has 0 aromatic heterocycles. The highest BCUT2D eigenvalue weighted by molar-refractivity contribution is 6.37. The Bertz CT molecular complexity index is 1050. The fourth-order valence-electron chi connectivity index (χ4n) is 2.86. The molecule has 0 unspecified atom stereocenters. The number of aryl methyl sites for hydroxylation is 1. The lowest BCUT2D eigenvalue weighted by Gasteiger charge is -2.16. The SMILES string of the molecule is COc1cccc(CNc2cc(Cl)c(O)c(Cl)c2)c1OCC(=O)Nc1ccc(C)cc1. The van der Waals surface area contributed by atoms with Gasteiger partial charge >= 0.3 is 0 Å². The molecule has 0 fully saturated rings. The van der Waals surface area contributed by atoms with Crippen LogP contribution < -0.4 is 20.1 Å². The van der Waals surface area contributed by atoms with E-state index in [4.69, 9.17) is 32.7 Å². The summed E-state index contributed by atoms with van der Waals surface area (Å²) in [5.41, 5.74) is 3.19. The summed E-state index contributed by atoms with van der Waals surface area (Å²) in [6, 6.07) is 16.1. The van der Waals surface area contributed by atoms with Crippen molar-refractivity contribution in [3.8, 4) is 17.2 Å². The van der Waals surface area contributed by atoms with Gasteiger partial charge in [-0.3, -0.25) is 4.79 Å². The van der Waals surface area contributed by atoms with Crippen molar-refractivity contribution in [1.82, 2.24) is 0 Å². The average molecular weight is 461 g/mol. The Morgan fingerprint density at radius 3 is 2.35 bits per heavy atom. The number of aromatic hydroxyl groups is 1. The van der Waals surface area contributed by atoms with Crippen molar-refractivity contribution in [2.75, 3.05) is 24.4 Å².